The lowest BCUT2D eigenvalue weighted by atomic mass is 10.2. The Morgan fingerprint density at radius 1 is 1.39 bits per heavy atom. The molecule has 0 aliphatic rings. The smallest absolute Gasteiger partial charge is 0.258 e. The SMILES string of the molecule is Cc1cncc(C(=O)Nc2c(N)c(C)nn2C)c1. The minimum atomic E-state index is -0.249. The highest BCUT2D eigenvalue weighted by Gasteiger charge is 2.14. The van der Waals surface area contributed by atoms with E-state index >= 15 is 0 Å². The lowest BCUT2D eigenvalue weighted by molar-refractivity contribution is 0.102. The number of nitrogens with one attached hydrogen (secondary N) is 1. The summed E-state index contributed by atoms with van der Waals surface area (Å²) in [5.74, 6) is 0.250. The van der Waals surface area contributed by atoms with Gasteiger partial charge in [0.1, 0.15) is 0 Å². The highest BCUT2D eigenvalue weighted by molar-refractivity contribution is 6.05. The normalized spacial score (nSPS) is 10.4. The molecule has 2 aromatic rings. The number of aryl methyl sites for hydroxylation is 3. The Bertz CT molecular complexity index is 603. The number of anilines is 2. The summed E-state index contributed by atoms with van der Waals surface area (Å²) in [4.78, 5) is 16.0. The molecule has 0 unspecified atom stereocenters. The van der Waals surface area contributed by atoms with Gasteiger partial charge in [0.2, 0.25) is 0 Å². The van der Waals surface area contributed by atoms with Crippen LogP contribution in [0.15, 0.2) is 18.5 Å². The molecule has 94 valence electrons. The van der Waals surface area contributed by atoms with E-state index in [9.17, 15) is 4.79 Å². The fourth-order valence-electron chi connectivity index (χ4n) is 1.68. The number of aromatic nitrogens is 3. The number of hydrogen-bond acceptors (Lipinski definition) is 4. The molecule has 2 rings (SSSR count). The van der Waals surface area contributed by atoms with Crippen molar-refractivity contribution >= 4 is 17.4 Å². The molecule has 0 aliphatic carbocycles. The summed E-state index contributed by atoms with van der Waals surface area (Å²) in [6.07, 6.45) is 3.21. The molecule has 0 saturated heterocycles. The van der Waals surface area contributed by atoms with Crippen molar-refractivity contribution in [1.82, 2.24) is 14.8 Å². The number of carbonyl (C=O) groups excluding carboxylic acids is 1. The minimum Gasteiger partial charge on any atom is -0.394 e. The molecule has 18 heavy (non-hydrogen) atoms. The van der Waals surface area contributed by atoms with Gasteiger partial charge < -0.3 is 11.1 Å². The average Bonchev–Trinajstić information content (AvgIpc) is 2.56. The first kappa shape index (κ1) is 12.1. The van der Waals surface area contributed by atoms with Crippen LogP contribution in [0.25, 0.3) is 0 Å². The highest BCUT2D eigenvalue weighted by Crippen LogP contribution is 2.21. The van der Waals surface area contributed by atoms with Crippen LogP contribution in [-0.2, 0) is 7.05 Å². The van der Waals surface area contributed by atoms with Crippen molar-refractivity contribution in [2.75, 3.05) is 11.1 Å². The third-order valence-electron chi connectivity index (χ3n) is 2.64. The largest absolute Gasteiger partial charge is 0.394 e. The molecule has 0 aliphatic heterocycles. The Hall–Kier alpha value is -2.37. The van der Waals surface area contributed by atoms with E-state index in [0.29, 0.717) is 22.8 Å². The van der Waals surface area contributed by atoms with Gasteiger partial charge in [-0.05, 0) is 25.5 Å². The van der Waals surface area contributed by atoms with Crippen LogP contribution in [0.2, 0.25) is 0 Å². The van der Waals surface area contributed by atoms with Crippen molar-refractivity contribution in [1.29, 1.82) is 0 Å². The second kappa shape index (κ2) is 4.48. The maximum Gasteiger partial charge on any atom is 0.258 e. The molecule has 6 nitrogen and oxygen atoms in total. The monoisotopic (exact) mass is 245 g/mol. The van der Waals surface area contributed by atoms with Gasteiger partial charge in [-0.25, -0.2) is 0 Å². The van der Waals surface area contributed by atoms with E-state index in [-0.39, 0.29) is 5.91 Å². The number of amides is 1. The molecule has 0 radical (unpaired) electrons. The summed E-state index contributed by atoms with van der Waals surface area (Å²) in [6.45, 7) is 3.67. The lowest BCUT2D eigenvalue weighted by Gasteiger charge is -2.06. The number of carbonyl (C=O) groups is 1. The summed E-state index contributed by atoms with van der Waals surface area (Å²) in [5.41, 5.74) is 8.44. The molecule has 0 aromatic carbocycles. The zero-order chi connectivity index (χ0) is 13.3. The standard InChI is InChI=1S/C12H15N5O/c1-7-4-9(6-14-5-7)12(18)15-11-10(13)8(2)16-17(11)3/h4-6H,13H2,1-3H3,(H,15,18). The van der Waals surface area contributed by atoms with Crippen LogP contribution >= 0.6 is 0 Å². The van der Waals surface area contributed by atoms with Gasteiger partial charge in [-0.1, -0.05) is 0 Å². The van der Waals surface area contributed by atoms with Gasteiger partial charge in [-0.3, -0.25) is 14.5 Å². The molecule has 0 bridgehead atoms. The van der Waals surface area contributed by atoms with E-state index in [1.165, 1.54) is 6.20 Å². The minimum absolute atomic E-state index is 0.249. The van der Waals surface area contributed by atoms with Crippen molar-refractivity contribution < 1.29 is 4.79 Å². The Balaban J connectivity index is 2.27. The first-order valence-electron chi connectivity index (χ1n) is 5.51. The summed E-state index contributed by atoms with van der Waals surface area (Å²) in [5, 5.41) is 6.88. The third kappa shape index (κ3) is 2.17. The Morgan fingerprint density at radius 3 is 2.67 bits per heavy atom. The molecule has 0 saturated carbocycles. The van der Waals surface area contributed by atoms with Crippen LogP contribution in [0.1, 0.15) is 21.6 Å². The molecule has 2 heterocycles. The topological polar surface area (TPSA) is 85.8 Å². The Labute approximate surface area is 105 Å². The fraction of sp³-hybridized carbons (Fsp3) is 0.250. The highest BCUT2D eigenvalue weighted by atomic mass is 16.1. The molecule has 3 N–H and O–H groups in total. The van der Waals surface area contributed by atoms with Crippen LogP contribution in [0.3, 0.4) is 0 Å². The molecular weight excluding hydrogens is 230 g/mol. The van der Waals surface area contributed by atoms with E-state index in [1.54, 1.807) is 30.9 Å². The predicted octanol–water partition coefficient (Wildman–Crippen LogP) is 1.27. The molecule has 0 atom stereocenters. The summed E-state index contributed by atoms with van der Waals surface area (Å²) in [7, 11) is 1.73. The van der Waals surface area contributed by atoms with Crippen LogP contribution in [0.5, 0.6) is 0 Å². The van der Waals surface area contributed by atoms with Crippen molar-refractivity contribution in [2.45, 2.75) is 13.8 Å². The van der Waals surface area contributed by atoms with Gasteiger partial charge in [0, 0.05) is 19.4 Å². The van der Waals surface area contributed by atoms with Crippen molar-refractivity contribution in [2.24, 2.45) is 7.05 Å². The summed E-state index contributed by atoms with van der Waals surface area (Å²) >= 11 is 0. The van der Waals surface area contributed by atoms with Crippen molar-refractivity contribution in [3.05, 3.63) is 35.3 Å². The van der Waals surface area contributed by atoms with E-state index in [1.807, 2.05) is 6.92 Å². The Morgan fingerprint density at radius 2 is 2.11 bits per heavy atom. The maximum absolute atomic E-state index is 12.0. The number of nitrogens with zero attached hydrogens (tertiary/aromatic N) is 3. The van der Waals surface area contributed by atoms with Gasteiger partial charge in [0.05, 0.1) is 16.9 Å². The number of pyridine rings is 1. The van der Waals surface area contributed by atoms with Gasteiger partial charge in [0.25, 0.3) is 5.91 Å². The molecule has 2 aromatic heterocycles. The molecule has 0 fully saturated rings. The molecule has 1 amide bonds. The van der Waals surface area contributed by atoms with Crippen molar-refractivity contribution in [3.8, 4) is 0 Å². The molecule has 0 spiro atoms. The van der Waals surface area contributed by atoms with Crippen LogP contribution in [-0.4, -0.2) is 20.7 Å². The van der Waals surface area contributed by atoms with Gasteiger partial charge >= 0.3 is 0 Å². The second-order valence-corrected chi connectivity index (χ2v) is 4.18. The second-order valence-electron chi connectivity index (χ2n) is 4.18. The van der Waals surface area contributed by atoms with Gasteiger partial charge in [-0.15, -0.1) is 0 Å². The fourth-order valence-corrected chi connectivity index (χ4v) is 1.68. The van der Waals surface area contributed by atoms with Crippen LogP contribution in [0.4, 0.5) is 11.5 Å². The number of rotatable bonds is 2. The van der Waals surface area contributed by atoms with Crippen LogP contribution in [0, 0.1) is 13.8 Å². The predicted molar refractivity (Wildman–Crippen MR) is 69.3 cm³/mol. The number of nitrogens with two attached hydrogens (primary N) is 1. The quantitative estimate of drug-likeness (QED) is 0.834. The van der Waals surface area contributed by atoms with Crippen LogP contribution < -0.4 is 11.1 Å². The van der Waals surface area contributed by atoms with E-state index in [2.05, 4.69) is 15.4 Å². The summed E-state index contributed by atoms with van der Waals surface area (Å²) in [6, 6.07) is 1.77. The maximum atomic E-state index is 12.0. The molecular formula is C12H15N5O. The first-order valence-corrected chi connectivity index (χ1v) is 5.51. The van der Waals surface area contributed by atoms with Gasteiger partial charge in [0.15, 0.2) is 5.82 Å². The van der Waals surface area contributed by atoms with Crippen molar-refractivity contribution in [3.63, 3.8) is 0 Å². The number of nitrogen functional groups attached to an aromatic ring is 1. The van der Waals surface area contributed by atoms with E-state index < -0.39 is 0 Å². The van der Waals surface area contributed by atoms with Gasteiger partial charge in [-0.2, -0.15) is 5.10 Å². The summed E-state index contributed by atoms with van der Waals surface area (Å²) < 4.78 is 1.55. The zero-order valence-corrected chi connectivity index (χ0v) is 10.6. The molecule has 6 heteroatoms. The average molecular weight is 245 g/mol. The first-order chi connectivity index (χ1) is 8.49. The third-order valence-corrected chi connectivity index (χ3v) is 2.64. The van der Waals surface area contributed by atoms with E-state index in [4.69, 9.17) is 5.73 Å². The Kier molecular flexibility index (Phi) is 3.01. The van der Waals surface area contributed by atoms with E-state index in [0.717, 1.165) is 5.56 Å². The lowest BCUT2D eigenvalue weighted by Crippen LogP contribution is -2.16. The zero-order valence-electron chi connectivity index (χ0n) is 10.6. The number of hydrogen-bond donors (Lipinski definition) is 2.